The van der Waals surface area contributed by atoms with Crippen molar-refractivity contribution in [3.8, 4) is 16.9 Å². The smallest absolute Gasteiger partial charge is 0.204 e. The molecule has 0 aliphatic carbocycles. The molecule has 4 heteroatoms. The maximum absolute atomic E-state index is 13.3. The predicted molar refractivity (Wildman–Crippen MR) is 116 cm³/mol. The predicted octanol–water partition coefficient (Wildman–Crippen LogP) is 5.19. The van der Waals surface area contributed by atoms with Crippen LogP contribution in [0, 0.1) is 0 Å². The maximum Gasteiger partial charge on any atom is 0.204 e. The third-order valence-electron chi connectivity index (χ3n) is 4.95. The molecule has 3 aromatic carbocycles. The first kappa shape index (κ1) is 19.0. The van der Waals surface area contributed by atoms with Crippen LogP contribution in [-0.4, -0.2) is 13.6 Å². The first-order chi connectivity index (χ1) is 14.3. The molecule has 0 aliphatic heterocycles. The number of ether oxygens (including phenoxy) is 1. The fourth-order valence-corrected chi connectivity index (χ4v) is 3.45. The van der Waals surface area contributed by atoms with Gasteiger partial charge in [0, 0.05) is 6.42 Å². The molecule has 0 saturated carbocycles. The molecule has 29 heavy (non-hydrogen) atoms. The monoisotopic (exact) mass is 385 g/mol. The summed E-state index contributed by atoms with van der Waals surface area (Å²) in [6.07, 6.45) is 2.13. The van der Waals surface area contributed by atoms with Crippen molar-refractivity contribution in [2.75, 3.05) is 13.6 Å². The van der Waals surface area contributed by atoms with Gasteiger partial charge < -0.3 is 14.5 Å². The van der Waals surface area contributed by atoms with Crippen LogP contribution >= 0.6 is 0 Å². The van der Waals surface area contributed by atoms with Crippen LogP contribution in [0.15, 0.2) is 94.3 Å². The fourth-order valence-electron chi connectivity index (χ4n) is 3.45. The molecule has 1 unspecified atom stereocenters. The molecular weight excluding hydrogens is 362 g/mol. The highest BCUT2D eigenvalue weighted by molar-refractivity contribution is 5.87. The van der Waals surface area contributed by atoms with Crippen molar-refractivity contribution in [3.63, 3.8) is 0 Å². The Bertz CT molecular complexity index is 1140. The van der Waals surface area contributed by atoms with Crippen LogP contribution in [0.1, 0.15) is 18.1 Å². The lowest BCUT2D eigenvalue weighted by atomic mass is 10.0. The third kappa shape index (κ3) is 4.08. The van der Waals surface area contributed by atoms with Gasteiger partial charge in [0.2, 0.25) is 5.43 Å². The van der Waals surface area contributed by atoms with Gasteiger partial charge in [-0.15, -0.1) is 0 Å². The van der Waals surface area contributed by atoms with Crippen molar-refractivity contribution < 1.29 is 9.15 Å². The van der Waals surface area contributed by atoms with Crippen LogP contribution in [0.2, 0.25) is 0 Å². The van der Waals surface area contributed by atoms with E-state index in [1.54, 1.807) is 6.07 Å². The molecule has 4 rings (SSSR count). The number of nitrogens with one attached hydrogen (secondary N) is 1. The van der Waals surface area contributed by atoms with E-state index in [4.69, 9.17) is 9.15 Å². The molecule has 0 spiro atoms. The second-order valence-corrected chi connectivity index (χ2v) is 6.88. The molecule has 0 amide bonds. The quantitative estimate of drug-likeness (QED) is 0.476. The Morgan fingerprint density at radius 3 is 2.38 bits per heavy atom. The van der Waals surface area contributed by atoms with Crippen molar-refractivity contribution in [3.05, 3.63) is 101 Å². The van der Waals surface area contributed by atoms with Gasteiger partial charge in [0.1, 0.15) is 29.1 Å². The molecule has 4 nitrogen and oxygen atoms in total. The number of benzene rings is 3. The second kappa shape index (κ2) is 8.76. The van der Waals surface area contributed by atoms with Gasteiger partial charge in [-0.05, 0) is 36.9 Å². The average Bonchev–Trinajstić information content (AvgIpc) is 2.78. The summed E-state index contributed by atoms with van der Waals surface area (Å²) < 4.78 is 12.2. The Balaban J connectivity index is 1.79. The Morgan fingerprint density at radius 1 is 0.931 bits per heavy atom. The van der Waals surface area contributed by atoms with Crippen LogP contribution in [0.5, 0.6) is 5.75 Å². The number of hydrogen-bond donors (Lipinski definition) is 1. The summed E-state index contributed by atoms with van der Waals surface area (Å²) in [4.78, 5) is 13.3. The van der Waals surface area contributed by atoms with Crippen LogP contribution in [0.3, 0.4) is 0 Å². The van der Waals surface area contributed by atoms with Crippen LogP contribution < -0.4 is 15.5 Å². The molecule has 1 heterocycles. The first-order valence-electron chi connectivity index (χ1n) is 9.74. The molecule has 4 aromatic rings. The molecule has 0 bridgehead atoms. The van der Waals surface area contributed by atoms with Gasteiger partial charge in [0.25, 0.3) is 0 Å². The van der Waals surface area contributed by atoms with E-state index in [9.17, 15) is 4.79 Å². The molecule has 0 fully saturated rings. The van der Waals surface area contributed by atoms with Crippen molar-refractivity contribution >= 4 is 11.0 Å². The summed E-state index contributed by atoms with van der Waals surface area (Å²) in [7, 11) is 1.92. The Morgan fingerprint density at radius 2 is 1.66 bits per heavy atom. The zero-order valence-electron chi connectivity index (χ0n) is 16.3. The molecular formula is C25H23NO3. The second-order valence-electron chi connectivity index (χ2n) is 6.88. The van der Waals surface area contributed by atoms with Crippen LogP contribution in [0.25, 0.3) is 22.1 Å². The number of fused-ring (bicyclic) bond motifs is 1. The highest BCUT2D eigenvalue weighted by Crippen LogP contribution is 2.31. The summed E-state index contributed by atoms with van der Waals surface area (Å²) in [5.74, 6) is 0.541. The van der Waals surface area contributed by atoms with Crippen molar-refractivity contribution in [2.24, 2.45) is 0 Å². The highest BCUT2D eigenvalue weighted by Gasteiger charge is 2.18. The minimum atomic E-state index is -0.172. The van der Waals surface area contributed by atoms with Gasteiger partial charge in [0.15, 0.2) is 0 Å². The molecule has 0 radical (unpaired) electrons. The Labute approximate surface area is 169 Å². The van der Waals surface area contributed by atoms with Crippen molar-refractivity contribution in [1.29, 1.82) is 0 Å². The lowest BCUT2D eigenvalue weighted by molar-refractivity contribution is 0.197. The van der Waals surface area contributed by atoms with E-state index in [2.05, 4.69) is 5.32 Å². The summed E-state index contributed by atoms with van der Waals surface area (Å²) in [6, 6.07) is 25.1. The molecule has 0 saturated heterocycles. The average molecular weight is 385 g/mol. The SMILES string of the molecule is CNCCC(Oc1cccc2occ(-c3ccccc3)c(=O)c12)c1ccccc1. The maximum atomic E-state index is 13.3. The van der Waals surface area contributed by atoms with Crippen LogP contribution in [0.4, 0.5) is 0 Å². The summed E-state index contributed by atoms with van der Waals surface area (Å²) in [5, 5.41) is 3.64. The number of rotatable bonds is 7. The lowest BCUT2D eigenvalue weighted by Gasteiger charge is -2.20. The van der Waals surface area contributed by atoms with Gasteiger partial charge in [-0.2, -0.15) is 0 Å². The minimum absolute atomic E-state index is 0.0894. The minimum Gasteiger partial charge on any atom is -0.485 e. The molecule has 0 aliphatic rings. The van der Waals surface area contributed by atoms with E-state index in [0.29, 0.717) is 22.3 Å². The Hall–Kier alpha value is -3.37. The van der Waals surface area contributed by atoms with Crippen molar-refractivity contribution in [1.82, 2.24) is 5.32 Å². The number of hydrogen-bond acceptors (Lipinski definition) is 4. The summed E-state index contributed by atoms with van der Waals surface area (Å²) in [5.41, 5.74) is 2.86. The topological polar surface area (TPSA) is 51.5 Å². The van der Waals surface area contributed by atoms with E-state index in [-0.39, 0.29) is 11.5 Å². The van der Waals surface area contributed by atoms with Gasteiger partial charge in [-0.3, -0.25) is 4.79 Å². The normalized spacial score (nSPS) is 12.0. The van der Waals surface area contributed by atoms with Crippen LogP contribution in [-0.2, 0) is 0 Å². The molecule has 146 valence electrons. The highest BCUT2D eigenvalue weighted by atomic mass is 16.5. The van der Waals surface area contributed by atoms with Crippen molar-refractivity contribution in [2.45, 2.75) is 12.5 Å². The molecule has 1 atom stereocenters. The summed E-state index contributed by atoms with van der Waals surface area (Å²) >= 11 is 0. The fraction of sp³-hybridized carbons (Fsp3) is 0.160. The summed E-state index contributed by atoms with van der Waals surface area (Å²) in [6.45, 7) is 0.800. The van der Waals surface area contributed by atoms with Gasteiger partial charge in [0.05, 0.1) is 5.56 Å². The Kier molecular flexibility index (Phi) is 5.73. The standard InChI is InChI=1S/C25H23NO3/c1-26-16-15-21(19-11-6-3-7-12-19)29-23-14-8-13-22-24(23)25(27)20(17-28-22)18-9-4-2-5-10-18/h2-14,17,21,26H,15-16H2,1H3. The van der Waals surface area contributed by atoms with E-state index >= 15 is 0 Å². The third-order valence-corrected chi connectivity index (χ3v) is 4.95. The zero-order chi connectivity index (χ0) is 20.1. The van der Waals surface area contributed by atoms with E-state index in [1.807, 2.05) is 79.8 Å². The van der Waals surface area contributed by atoms with E-state index in [0.717, 1.165) is 24.1 Å². The first-order valence-corrected chi connectivity index (χ1v) is 9.74. The lowest BCUT2D eigenvalue weighted by Crippen LogP contribution is -2.17. The molecule has 1 N–H and O–H groups in total. The van der Waals surface area contributed by atoms with E-state index < -0.39 is 0 Å². The van der Waals surface area contributed by atoms with Gasteiger partial charge >= 0.3 is 0 Å². The largest absolute Gasteiger partial charge is 0.485 e. The molecule has 1 aromatic heterocycles. The van der Waals surface area contributed by atoms with Gasteiger partial charge in [-0.1, -0.05) is 66.7 Å². The van der Waals surface area contributed by atoms with Gasteiger partial charge in [-0.25, -0.2) is 0 Å². The zero-order valence-corrected chi connectivity index (χ0v) is 16.3. The van der Waals surface area contributed by atoms with E-state index in [1.165, 1.54) is 6.26 Å².